The highest BCUT2D eigenvalue weighted by Gasteiger charge is 2.45. The van der Waals surface area contributed by atoms with E-state index in [2.05, 4.69) is 255 Å². The largest absolute Gasteiger partial charge is 0.0713 e. The van der Waals surface area contributed by atoms with Gasteiger partial charge in [-0.15, -0.1) is 0 Å². The summed E-state index contributed by atoms with van der Waals surface area (Å²) >= 11 is 0. The quantitative estimate of drug-likeness (QED) is 0.111. The predicted octanol–water partition coefficient (Wildman–Crippen LogP) is 16.7. The molecular formula is C63H42. The zero-order chi connectivity index (χ0) is 41.7. The summed E-state index contributed by atoms with van der Waals surface area (Å²) in [7, 11) is 0. The molecule has 0 spiro atoms. The van der Waals surface area contributed by atoms with Gasteiger partial charge in [-0.3, -0.25) is 0 Å². The van der Waals surface area contributed by atoms with E-state index in [0.717, 1.165) is 0 Å². The van der Waals surface area contributed by atoms with Crippen molar-refractivity contribution >= 4 is 44.5 Å². The van der Waals surface area contributed by atoms with Crippen molar-refractivity contribution < 1.29 is 0 Å². The fourth-order valence-corrected chi connectivity index (χ4v) is 10.5. The zero-order valence-corrected chi connectivity index (χ0v) is 34.7. The average Bonchev–Trinajstić information content (AvgIpc) is 3.66. The fourth-order valence-electron chi connectivity index (χ4n) is 10.5. The van der Waals surface area contributed by atoms with Crippen LogP contribution in [0.5, 0.6) is 0 Å². The summed E-state index contributed by atoms with van der Waals surface area (Å²) < 4.78 is 0. The highest BCUT2D eigenvalue weighted by molar-refractivity contribution is 6.21. The van der Waals surface area contributed by atoms with Crippen LogP contribution in [0.4, 0.5) is 0 Å². The molecule has 1 aliphatic carbocycles. The lowest BCUT2D eigenvalue weighted by Crippen LogP contribution is -2.28. The maximum atomic E-state index is 2.38. The molecule has 294 valence electrons. The summed E-state index contributed by atoms with van der Waals surface area (Å²) in [4.78, 5) is 0. The average molecular weight is 799 g/mol. The second-order valence-corrected chi connectivity index (χ2v) is 16.8. The second kappa shape index (κ2) is 15.1. The summed E-state index contributed by atoms with van der Waals surface area (Å²) in [6, 6.07) is 89.5. The van der Waals surface area contributed by atoms with Crippen molar-refractivity contribution in [2.45, 2.75) is 5.41 Å². The Bertz CT molecular complexity index is 3410. The predicted molar refractivity (Wildman–Crippen MR) is 268 cm³/mol. The number of benzene rings is 11. The molecule has 0 amide bonds. The molecule has 0 atom stereocenters. The van der Waals surface area contributed by atoms with E-state index in [-0.39, 0.29) is 0 Å². The number of hydrogen-bond donors (Lipinski definition) is 0. The Morgan fingerprint density at radius 1 is 0.270 bits per heavy atom. The summed E-state index contributed by atoms with van der Waals surface area (Å²) in [6.45, 7) is 0. The van der Waals surface area contributed by atoms with E-state index in [1.165, 1.54) is 110 Å². The first-order valence-electron chi connectivity index (χ1n) is 21.9. The van der Waals surface area contributed by atoms with Crippen molar-refractivity contribution in [2.24, 2.45) is 0 Å². The van der Waals surface area contributed by atoms with Gasteiger partial charge in [0.1, 0.15) is 0 Å². The minimum atomic E-state index is -0.425. The van der Waals surface area contributed by atoms with Crippen LogP contribution < -0.4 is 0 Å². The van der Waals surface area contributed by atoms with Crippen LogP contribution in [0.1, 0.15) is 33.4 Å². The lowest BCUT2D eigenvalue weighted by molar-refractivity contribution is 0.768. The molecule has 0 nitrogen and oxygen atoms in total. The van der Waals surface area contributed by atoms with Crippen molar-refractivity contribution in [3.05, 3.63) is 276 Å². The molecule has 0 saturated carbocycles. The molecule has 0 heteroatoms. The Labute approximate surface area is 368 Å². The molecule has 0 aromatic heterocycles. The van der Waals surface area contributed by atoms with Gasteiger partial charge in [-0.2, -0.15) is 0 Å². The van der Waals surface area contributed by atoms with Gasteiger partial charge in [-0.1, -0.05) is 249 Å². The van der Waals surface area contributed by atoms with Crippen LogP contribution in [0.25, 0.3) is 89.0 Å². The minimum absolute atomic E-state index is 0.425. The zero-order valence-electron chi connectivity index (χ0n) is 34.7. The summed E-state index contributed by atoms with van der Waals surface area (Å²) in [6.07, 6.45) is 4.42. The van der Waals surface area contributed by atoms with Crippen LogP contribution in [-0.2, 0) is 5.41 Å². The Kier molecular flexibility index (Phi) is 8.83. The Morgan fingerprint density at radius 2 is 0.667 bits per heavy atom. The van der Waals surface area contributed by atoms with Gasteiger partial charge in [0.15, 0.2) is 0 Å². The normalized spacial score (nSPS) is 12.8. The van der Waals surface area contributed by atoms with E-state index in [9.17, 15) is 0 Å². The molecular weight excluding hydrogens is 757 g/mol. The van der Waals surface area contributed by atoms with Crippen LogP contribution in [0.2, 0.25) is 0 Å². The minimum Gasteiger partial charge on any atom is -0.0622 e. The summed E-state index contributed by atoms with van der Waals surface area (Å²) in [5, 5.41) is 7.55. The molecule has 0 N–H and O–H groups in total. The Hall–Kier alpha value is -8.06. The Balaban J connectivity index is 0.904. The molecule has 1 aliphatic rings. The van der Waals surface area contributed by atoms with E-state index in [0.29, 0.717) is 0 Å². The number of fused-ring (bicyclic) bond motifs is 6. The van der Waals surface area contributed by atoms with Gasteiger partial charge in [0.2, 0.25) is 0 Å². The first-order chi connectivity index (χ1) is 31.2. The van der Waals surface area contributed by atoms with Crippen LogP contribution in [0.15, 0.2) is 243 Å². The highest BCUT2D eigenvalue weighted by Crippen LogP contribution is 2.56. The number of rotatable bonds is 7. The molecule has 12 rings (SSSR count). The molecule has 11 aromatic carbocycles. The van der Waals surface area contributed by atoms with E-state index in [4.69, 9.17) is 0 Å². The van der Waals surface area contributed by atoms with Gasteiger partial charge < -0.3 is 0 Å². The molecule has 0 aliphatic heterocycles. The molecule has 0 bridgehead atoms. The van der Waals surface area contributed by atoms with Crippen LogP contribution in [-0.4, -0.2) is 0 Å². The monoisotopic (exact) mass is 798 g/mol. The fraction of sp³-hybridized carbons (Fsp3) is 0.0159. The third-order valence-corrected chi connectivity index (χ3v) is 13.4. The van der Waals surface area contributed by atoms with Gasteiger partial charge in [-0.25, -0.2) is 0 Å². The second-order valence-electron chi connectivity index (χ2n) is 16.8. The van der Waals surface area contributed by atoms with Crippen LogP contribution in [0.3, 0.4) is 0 Å². The molecule has 11 aromatic rings. The first-order valence-corrected chi connectivity index (χ1v) is 21.9. The van der Waals surface area contributed by atoms with Crippen LogP contribution >= 0.6 is 0 Å². The van der Waals surface area contributed by atoms with E-state index >= 15 is 0 Å². The topological polar surface area (TPSA) is 0 Å². The van der Waals surface area contributed by atoms with E-state index in [1.54, 1.807) is 0 Å². The van der Waals surface area contributed by atoms with Crippen LogP contribution in [0, 0.1) is 0 Å². The smallest absolute Gasteiger partial charge is 0.0622 e. The van der Waals surface area contributed by atoms with Gasteiger partial charge in [-0.05, 0) is 116 Å². The van der Waals surface area contributed by atoms with Gasteiger partial charge in [0.05, 0.1) is 5.41 Å². The van der Waals surface area contributed by atoms with Gasteiger partial charge >= 0.3 is 0 Å². The number of hydrogen-bond acceptors (Lipinski definition) is 0. The molecule has 0 fully saturated rings. The summed E-state index contributed by atoms with van der Waals surface area (Å²) in [5.74, 6) is 0. The van der Waals surface area contributed by atoms with Crippen molar-refractivity contribution in [1.29, 1.82) is 0 Å². The lowest BCUT2D eigenvalue weighted by atomic mass is 9.67. The third kappa shape index (κ3) is 6.06. The van der Waals surface area contributed by atoms with Crippen molar-refractivity contribution in [3.8, 4) is 44.5 Å². The lowest BCUT2D eigenvalue weighted by Gasteiger charge is -2.34. The van der Waals surface area contributed by atoms with E-state index in [1.807, 2.05) is 0 Å². The van der Waals surface area contributed by atoms with E-state index < -0.39 is 5.41 Å². The van der Waals surface area contributed by atoms with Crippen molar-refractivity contribution in [1.82, 2.24) is 0 Å². The SMILES string of the molecule is C(=C\c1ccc(-c2c3ccccc3c(-c3ccc(C4(c5ccccc5)c5ccccc5-c5ccccc54)cc3)c3ccccc23)cc1)/c1ccc(-c2ccc3ccccc3c2)cc1. The van der Waals surface area contributed by atoms with Gasteiger partial charge in [0.25, 0.3) is 0 Å². The summed E-state index contributed by atoms with van der Waals surface area (Å²) in [5.41, 5.74) is 17.2. The maximum Gasteiger partial charge on any atom is 0.0713 e. The van der Waals surface area contributed by atoms with Gasteiger partial charge in [0, 0.05) is 0 Å². The van der Waals surface area contributed by atoms with Crippen molar-refractivity contribution in [3.63, 3.8) is 0 Å². The maximum absolute atomic E-state index is 2.38. The molecule has 0 saturated heterocycles. The Morgan fingerprint density at radius 3 is 1.21 bits per heavy atom. The highest BCUT2D eigenvalue weighted by atomic mass is 14.5. The molecule has 0 heterocycles. The molecule has 0 unspecified atom stereocenters. The van der Waals surface area contributed by atoms with Crippen molar-refractivity contribution in [2.75, 3.05) is 0 Å². The first kappa shape index (κ1) is 36.8. The third-order valence-electron chi connectivity index (χ3n) is 13.4. The molecule has 63 heavy (non-hydrogen) atoms. The molecule has 0 radical (unpaired) electrons. The standard InChI is InChI=1S/C63H42/c1-2-16-51(17-3-1)63(59-24-12-10-18-53(59)54-19-11-13-25-60(54)63)52-40-38-48(39-41-52)62-57-22-8-6-20-55(57)61(56-21-7-9-23-58(56)62)47-34-30-44(31-35-47)27-26-43-28-32-46(33-29-43)50-37-36-45-14-4-5-15-49(45)42-50/h1-42H/b27-26+.